The molecule has 4 heteroatoms. The zero-order valence-electron chi connectivity index (χ0n) is 12.5. The molecule has 0 fully saturated rings. The maximum Gasteiger partial charge on any atom is 0.0628 e. The fourth-order valence-electron chi connectivity index (χ4n) is 2.57. The summed E-state index contributed by atoms with van der Waals surface area (Å²) in [4.78, 5) is 0. The van der Waals surface area contributed by atoms with Crippen molar-refractivity contribution in [2.45, 2.75) is 66.1 Å². The molecule has 1 aromatic heterocycles. The van der Waals surface area contributed by atoms with E-state index in [1.165, 1.54) is 11.3 Å². The normalized spacial score (nSPS) is 15.1. The average Bonchev–Trinajstić information content (AvgIpc) is 2.52. The second-order valence-electron chi connectivity index (χ2n) is 5.68. The van der Waals surface area contributed by atoms with Crippen molar-refractivity contribution in [3.05, 3.63) is 17.0 Å². The molecule has 1 unspecified atom stereocenters. The molecule has 0 aromatic carbocycles. The summed E-state index contributed by atoms with van der Waals surface area (Å²) in [7, 11) is 0. The Hall–Kier alpha value is -0.870. The largest absolute Gasteiger partial charge is 0.394 e. The summed E-state index contributed by atoms with van der Waals surface area (Å²) in [5, 5.41) is 17.6. The van der Waals surface area contributed by atoms with Crippen LogP contribution in [0.4, 0.5) is 0 Å². The highest BCUT2D eigenvalue weighted by Gasteiger charge is 2.26. The molecule has 0 saturated carbocycles. The first-order valence-electron chi connectivity index (χ1n) is 6.74. The summed E-state index contributed by atoms with van der Waals surface area (Å²) in [5.41, 5.74) is 3.29. The molecule has 0 saturated heterocycles. The first-order valence-corrected chi connectivity index (χ1v) is 6.74. The quantitative estimate of drug-likeness (QED) is 0.813. The van der Waals surface area contributed by atoms with Gasteiger partial charge in [-0.1, -0.05) is 20.8 Å². The van der Waals surface area contributed by atoms with E-state index in [2.05, 4.69) is 45.0 Å². The van der Waals surface area contributed by atoms with Gasteiger partial charge in [0.25, 0.3) is 0 Å². The minimum absolute atomic E-state index is 0.102. The van der Waals surface area contributed by atoms with E-state index in [4.69, 9.17) is 0 Å². The molecule has 0 aliphatic heterocycles. The summed E-state index contributed by atoms with van der Waals surface area (Å²) < 4.78 is 2.01. The Labute approximate surface area is 110 Å². The van der Waals surface area contributed by atoms with Crippen molar-refractivity contribution in [1.82, 2.24) is 15.1 Å². The molecule has 0 aliphatic carbocycles. The number of nitrogens with zero attached hydrogens (tertiary/aromatic N) is 2. The Morgan fingerprint density at radius 2 is 2.00 bits per heavy atom. The van der Waals surface area contributed by atoms with Crippen LogP contribution in [0.15, 0.2) is 0 Å². The highest BCUT2D eigenvalue weighted by Crippen LogP contribution is 2.17. The van der Waals surface area contributed by atoms with Crippen LogP contribution in [0, 0.1) is 13.8 Å². The zero-order valence-corrected chi connectivity index (χ0v) is 12.5. The van der Waals surface area contributed by atoms with Gasteiger partial charge in [-0.05, 0) is 32.8 Å². The van der Waals surface area contributed by atoms with Crippen LogP contribution >= 0.6 is 0 Å². The van der Waals surface area contributed by atoms with Crippen LogP contribution in [-0.2, 0) is 13.0 Å². The molecule has 18 heavy (non-hydrogen) atoms. The van der Waals surface area contributed by atoms with E-state index < -0.39 is 0 Å². The van der Waals surface area contributed by atoms with Gasteiger partial charge < -0.3 is 10.4 Å². The van der Waals surface area contributed by atoms with Crippen LogP contribution in [0.2, 0.25) is 0 Å². The number of aromatic nitrogens is 2. The van der Waals surface area contributed by atoms with Crippen molar-refractivity contribution in [2.75, 3.05) is 6.61 Å². The van der Waals surface area contributed by atoms with E-state index in [1.54, 1.807) is 0 Å². The average molecular weight is 253 g/mol. The predicted octanol–water partition coefficient (Wildman–Crippen LogP) is 1.81. The van der Waals surface area contributed by atoms with Crippen LogP contribution < -0.4 is 5.32 Å². The van der Waals surface area contributed by atoms with Crippen LogP contribution in [-0.4, -0.2) is 33.1 Å². The van der Waals surface area contributed by atoms with E-state index >= 15 is 0 Å². The fourth-order valence-corrected chi connectivity index (χ4v) is 2.57. The Morgan fingerprint density at radius 1 is 1.39 bits per heavy atom. The van der Waals surface area contributed by atoms with Gasteiger partial charge in [0, 0.05) is 11.7 Å². The van der Waals surface area contributed by atoms with Crippen LogP contribution in [0.25, 0.3) is 0 Å². The van der Waals surface area contributed by atoms with E-state index in [0.29, 0.717) is 12.6 Å². The Balaban J connectivity index is 2.95. The molecule has 0 amide bonds. The van der Waals surface area contributed by atoms with Crippen molar-refractivity contribution < 1.29 is 5.11 Å². The third-order valence-corrected chi connectivity index (χ3v) is 3.37. The SMILES string of the molecule is CCc1c(C)nn(CC(C)(CO)NC(C)C)c1C. The number of aryl methyl sites for hydroxylation is 1. The lowest BCUT2D eigenvalue weighted by molar-refractivity contribution is 0.144. The molecular formula is C14H27N3O. The molecule has 0 spiro atoms. The predicted molar refractivity (Wildman–Crippen MR) is 74.8 cm³/mol. The first kappa shape index (κ1) is 15.2. The van der Waals surface area contributed by atoms with E-state index in [-0.39, 0.29) is 12.1 Å². The third-order valence-electron chi connectivity index (χ3n) is 3.37. The lowest BCUT2D eigenvalue weighted by Crippen LogP contribution is -2.52. The number of nitrogens with one attached hydrogen (secondary N) is 1. The van der Waals surface area contributed by atoms with Gasteiger partial charge in [0.2, 0.25) is 0 Å². The molecule has 1 aromatic rings. The number of rotatable bonds is 6. The zero-order chi connectivity index (χ0) is 13.9. The highest BCUT2D eigenvalue weighted by atomic mass is 16.3. The second-order valence-corrected chi connectivity index (χ2v) is 5.68. The van der Waals surface area contributed by atoms with Crippen molar-refractivity contribution in [3.63, 3.8) is 0 Å². The van der Waals surface area contributed by atoms with Crippen LogP contribution in [0.3, 0.4) is 0 Å². The molecule has 4 nitrogen and oxygen atoms in total. The summed E-state index contributed by atoms with van der Waals surface area (Å²) in [6, 6.07) is 0.338. The molecule has 104 valence electrons. The van der Waals surface area contributed by atoms with Gasteiger partial charge >= 0.3 is 0 Å². The first-order chi connectivity index (χ1) is 8.33. The molecule has 1 atom stereocenters. The molecule has 2 N–H and O–H groups in total. The van der Waals surface area contributed by atoms with Gasteiger partial charge in [-0.25, -0.2) is 0 Å². The number of aliphatic hydroxyl groups excluding tert-OH is 1. The molecule has 1 rings (SSSR count). The Morgan fingerprint density at radius 3 is 2.39 bits per heavy atom. The van der Waals surface area contributed by atoms with Crippen LogP contribution in [0.5, 0.6) is 0 Å². The Kier molecular flexibility index (Phi) is 4.93. The molecule has 0 radical (unpaired) electrons. The molecule has 1 heterocycles. The van der Waals surface area contributed by atoms with Crippen molar-refractivity contribution in [2.24, 2.45) is 0 Å². The molecule has 0 bridgehead atoms. The fraction of sp³-hybridized carbons (Fsp3) is 0.786. The van der Waals surface area contributed by atoms with Crippen molar-refractivity contribution >= 4 is 0 Å². The smallest absolute Gasteiger partial charge is 0.0628 e. The number of hydrogen-bond acceptors (Lipinski definition) is 3. The van der Waals surface area contributed by atoms with Gasteiger partial charge in [-0.2, -0.15) is 5.10 Å². The summed E-state index contributed by atoms with van der Waals surface area (Å²) in [5.74, 6) is 0. The molecular weight excluding hydrogens is 226 g/mol. The van der Waals surface area contributed by atoms with Gasteiger partial charge in [0.05, 0.1) is 24.4 Å². The third kappa shape index (κ3) is 3.33. The van der Waals surface area contributed by atoms with E-state index in [9.17, 15) is 5.11 Å². The van der Waals surface area contributed by atoms with Crippen molar-refractivity contribution in [1.29, 1.82) is 0 Å². The monoisotopic (exact) mass is 253 g/mol. The second kappa shape index (κ2) is 5.85. The summed E-state index contributed by atoms with van der Waals surface area (Å²) >= 11 is 0. The van der Waals surface area contributed by atoms with Gasteiger partial charge in [0.15, 0.2) is 0 Å². The van der Waals surface area contributed by atoms with Gasteiger partial charge in [-0.3, -0.25) is 4.68 Å². The highest BCUT2D eigenvalue weighted by molar-refractivity contribution is 5.24. The lowest BCUT2D eigenvalue weighted by Gasteiger charge is -2.31. The molecule has 0 aliphatic rings. The van der Waals surface area contributed by atoms with Gasteiger partial charge in [0.1, 0.15) is 0 Å². The van der Waals surface area contributed by atoms with E-state index in [0.717, 1.165) is 12.1 Å². The minimum atomic E-state index is -0.331. The number of hydrogen-bond donors (Lipinski definition) is 2. The standard InChI is InChI=1S/C14H27N3O/c1-7-13-11(4)16-17(12(13)5)8-14(6,9-18)15-10(2)3/h10,15,18H,7-9H2,1-6H3. The summed E-state index contributed by atoms with van der Waals surface area (Å²) in [6.07, 6.45) is 1.01. The lowest BCUT2D eigenvalue weighted by atomic mass is 10.0. The maximum absolute atomic E-state index is 9.62. The van der Waals surface area contributed by atoms with Crippen LogP contribution in [0.1, 0.15) is 44.6 Å². The maximum atomic E-state index is 9.62. The van der Waals surface area contributed by atoms with E-state index in [1.807, 2.05) is 11.6 Å². The Bertz CT molecular complexity index is 398. The summed E-state index contributed by atoms with van der Waals surface area (Å²) in [6.45, 7) is 13.3. The van der Waals surface area contributed by atoms with Gasteiger partial charge in [-0.15, -0.1) is 0 Å². The topological polar surface area (TPSA) is 50.1 Å². The number of aliphatic hydroxyl groups is 1. The van der Waals surface area contributed by atoms with Crippen molar-refractivity contribution in [3.8, 4) is 0 Å². The minimum Gasteiger partial charge on any atom is -0.394 e.